The molecule has 0 spiro atoms. The first kappa shape index (κ1) is 11.3. The average Bonchev–Trinajstić information content (AvgIpc) is 2.36. The van der Waals surface area contributed by atoms with Gasteiger partial charge in [0.15, 0.2) is 5.96 Å². The molecular formula is C13H15N3O. The van der Waals surface area contributed by atoms with E-state index in [1.54, 1.807) is 19.1 Å². The molecule has 0 radical (unpaired) electrons. The smallest absolute Gasteiger partial charge is 0.192 e. The van der Waals surface area contributed by atoms with Crippen LogP contribution in [0, 0.1) is 5.41 Å². The van der Waals surface area contributed by atoms with Crippen LogP contribution in [0.1, 0.15) is 0 Å². The second-order valence-electron chi connectivity index (χ2n) is 3.81. The Hall–Kier alpha value is -2.23. The lowest BCUT2D eigenvalue weighted by Gasteiger charge is -2.18. The molecule has 2 rings (SSSR count). The minimum Gasteiger partial charge on any atom is -0.496 e. The van der Waals surface area contributed by atoms with Gasteiger partial charge >= 0.3 is 0 Å². The normalized spacial score (nSPS) is 10.2. The molecule has 0 aromatic heterocycles. The van der Waals surface area contributed by atoms with Gasteiger partial charge < -0.3 is 15.4 Å². The summed E-state index contributed by atoms with van der Waals surface area (Å²) in [6.45, 7) is 0. The van der Waals surface area contributed by atoms with Gasteiger partial charge in [0.1, 0.15) is 5.75 Å². The number of hydrogen-bond donors (Lipinski definition) is 2. The Morgan fingerprint density at radius 2 is 2.00 bits per heavy atom. The van der Waals surface area contributed by atoms with Gasteiger partial charge in [-0.2, -0.15) is 0 Å². The molecule has 4 nitrogen and oxygen atoms in total. The predicted molar refractivity (Wildman–Crippen MR) is 70.8 cm³/mol. The topological polar surface area (TPSA) is 62.3 Å². The third kappa shape index (κ3) is 2.01. The number of anilines is 1. The summed E-state index contributed by atoms with van der Waals surface area (Å²) in [5, 5.41) is 9.55. The summed E-state index contributed by atoms with van der Waals surface area (Å²) < 4.78 is 5.36. The van der Waals surface area contributed by atoms with Crippen LogP contribution in [0.4, 0.5) is 5.69 Å². The van der Waals surface area contributed by atoms with Gasteiger partial charge in [-0.3, -0.25) is 5.41 Å². The molecule has 4 heteroatoms. The molecule has 0 bridgehead atoms. The fraction of sp³-hybridized carbons (Fsp3) is 0.154. The van der Waals surface area contributed by atoms with E-state index in [4.69, 9.17) is 15.9 Å². The average molecular weight is 229 g/mol. The second-order valence-corrected chi connectivity index (χ2v) is 3.81. The van der Waals surface area contributed by atoms with E-state index in [-0.39, 0.29) is 5.96 Å². The zero-order valence-electron chi connectivity index (χ0n) is 9.90. The summed E-state index contributed by atoms with van der Waals surface area (Å²) in [7, 11) is 3.39. The summed E-state index contributed by atoms with van der Waals surface area (Å²) in [5.41, 5.74) is 6.31. The van der Waals surface area contributed by atoms with Crippen molar-refractivity contribution in [2.45, 2.75) is 0 Å². The number of methoxy groups -OCH3 is 1. The molecule has 0 unspecified atom stereocenters. The Balaban J connectivity index is 2.64. The maximum atomic E-state index is 7.44. The zero-order valence-corrected chi connectivity index (χ0v) is 9.90. The molecule has 0 amide bonds. The monoisotopic (exact) mass is 229 g/mol. The minimum absolute atomic E-state index is 0.00216. The van der Waals surface area contributed by atoms with Crippen molar-refractivity contribution in [2.75, 3.05) is 19.1 Å². The fourth-order valence-electron chi connectivity index (χ4n) is 1.76. The van der Waals surface area contributed by atoms with Crippen LogP contribution in [0.15, 0.2) is 36.4 Å². The van der Waals surface area contributed by atoms with Crippen LogP contribution in [0.3, 0.4) is 0 Å². The standard InChI is InChI=1S/C13H15N3O/c1-16(13(14)15)10-7-9-5-3-4-6-11(9)12(8-10)17-2/h3-8H,1-2H3,(H3,14,15). The van der Waals surface area contributed by atoms with Crippen LogP contribution < -0.4 is 15.4 Å². The fourth-order valence-corrected chi connectivity index (χ4v) is 1.76. The third-order valence-electron chi connectivity index (χ3n) is 2.78. The van der Waals surface area contributed by atoms with Crippen molar-refractivity contribution in [3.8, 4) is 5.75 Å². The number of benzene rings is 2. The molecule has 0 heterocycles. The molecule has 0 aliphatic rings. The summed E-state index contributed by atoms with van der Waals surface area (Å²) in [4.78, 5) is 1.61. The van der Waals surface area contributed by atoms with E-state index in [1.165, 1.54) is 0 Å². The molecule has 17 heavy (non-hydrogen) atoms. The van der Waals surface area contributed by atoms with Crippen molar-refractivity contribution in [2.24, 2.45) is 5.73 Å². The van der Waals surface area contributed by atoms with E-state index in [0.29, 0.717) is 0 Å². The molecule has 0 fully saturated rings. The van der Waals surface area contributed by atoms with Crippen LogP contribution in [0.25, 0.3) is 10.8 Å². The van der Waals surface area contributed by atoms with Gasteiger partial charge in [-0.05, 0) is 11.5 Å². The first-order valence-electron chi connectivity index (χ1n) is 5.28. The van der Waals surface area contributed by atoms with E-state index in [0.717, 1.165) is 22.2 Å². The zero-order chi connectivity index (χ0) is 12.4. The second kappa shape index (κ2) is 4.33. The molecule has 3 N–H and O–H groups in total. The van der Waals surface area contributed by atoms with Crippen LogP contribution in [0.2, 0.25) is 0 Å². The molecule has 0 saturated carbocycles. The molecule has 0 aliphatic heterocycles. The van der Waals surface area contributed by atoms with E-state index in [2.05, 4.69) is 0 Å². The SMILES string of the molecule is COc1cc(N(C)C(=N)N)cc2ccccc12. The number of hydrogen-bond acceptors (Lipinski definition) is 2. The number of guanidine groups is 1. The Labute approximate surface area is 100 Å². The lowest BCUT2D eigenvalue weighted by molar-refractivity contribution is 0.420. The number of rotatable bonds is 2. The van der Waals surface area contributed by atoms with Crippen molar-refractivity contribution in [3.05, 3.63) is 36.4 Å². The molecule has 2 aromatic rings. The maximum Gasteiger partial charge on any atom is 0.192 e. The Morgan fingerprint density at radius 3 is 2.65 bits per heavy atom. The Kier molecular flexibility index (Phi) is 2.87. The van der Waals surface area contributed by atoms with Crippen molar-refractivity contribution >= 4 is 22.4 Å². The van der Waals surface area contributed by atoms with E-state index >= 15 is 0 Å². The van der Waals surface area contributed by atoms with E-state index in [9.17, 15) is 0 Å². The number of fused-ring (bicyclic) bond motifs is 1. The van der Waals surface area contributed by atoms with Gasteiger partial charge in [0.05, 0.1) is 7.11 Å². The lowest BCUT2D eigenvalue weighted by atomic mass is 10.1. The summed E-state index contributed by atoms with van der Waals surface area (Å²) in [6, 6.07) is 11.8. The van der Waals surface area contributed by atoms with Gasteiger partial charge in [-0.15, -0.1) is 0 Å². The largest absolute Gasteiger partial charge is 0.496 e. The van der Waals surface area contributed by atoms with Gasteiger partial charge in [0, 0.05) is 24.2 Å². The van der Waals surface area contributed by atoms with Gasteiger partial charge in [-0.1, -0.05) is 24.3 Å². The van der Waals surface area contributed by atoms with E-state index < -0.39 is 0 Å². The molecule has 0 atom stereocenters. The van der Waals surface area contributed by atoms with Crippen molar-refractivity contribution < 1.29 is 4.74 Å². The molecule has 88 valence electrons. The highest BCUT2D eigenvalue weighted by atomic mass is 16.5. The van der Waals surface area contributed by atoms with Gasteiger partial charge in [0.25, 0.3) is 0 Å². The highest BCUT2D eigenvalue weighted by Crippen LogP contribution is 2.30. The van der Waals surface area contributed by atoms with Crippen LogP contribution >= 0.6 is 0 Å². The summed E-state index contributed by atoms with van der Waals surface area (Å²) in [6.07, 6.45) is 0. The molecule has 0 saturated heterocycles. The third-order valence-corrected chi connectivity index (χ3v) is 2.78. The van der Waals surface area contributed by atoms with Crippen LogP contribution in [-0.4, -0.2) is 20.1 Å². The van der Waals surface area contributed by atoms with Crippen LogP contribution in [0.5, 0.6) is 5.75 Å². The quantitative estimate of drug-likeness (QED) is 0.613. The number of ether oxygens (including phenoxy) is 1. The number of nitrogens with two attached hydrogens (primary N) is 1. The number of nitrogens with one attached hydrogen (secondary N) is 1. The first-order valence-corrected chi connectivity index (χ1v) is 5.28. The molecule has 2 aromatic carbocycles. The highest BCUT2D eigenvalue weighted by molar-refractivity contribution is 5.97. The predicted octanol–water partition coefficient (Wildman–Crippen LogP) is 2.18. The van der Waals surface area contributed by atoms with Crippen molar-refractivity contribution in [3.63, 3.8) is 0 Å². The lowest BCUT2D eigenvalue weighted by Crippen LogP contribution is -2.32. The van der Waals surface area contributed by atoms with Crippen molar-refractivity contribution in [1.82, 2.24) is 0 Å². The Morgan fingerprint density at radius 1 is 1.29 bits per heavy atom. The summed E-state index contributed by atoms with van der Waals surface area (Å²) >= 11 is 0. The first-order chi connectivity index (χ1) is 8.13. The summed E-state index contributed by atoms with van der Waals surface area (Å²) in [5.74, 6) is 0.786. The van der Waals surface area contributed by atoms with Crippen LogP contribution in [-0.2, 0) is 0 Å². The van der Waals surface area contributed by atoms with Gasteiger partial charge in [0.2, 0.25) is 0 Å². The number of nitrogens with zero attached hydrogens (tertiary/aromatic N) is 1. The van der Waals surface area contributed by atoms with E-state index in [1.807, 2.05) is 36.4 Å². The van der Waals surface area contributed by atoms with Crippen molar-refractivity contribution in [1.29, 1.82) is 5.41 Å². The maximum absolute atomic E-state index is 7.44. The van der Waals surface area contributed by atoms with Gasteiger partial charge in [-0.25, -0.2) is 0 Å². The molecule has 0 aliphatic carbocycles. The Bertz CT molecular complexity index is 566. The highest BCUT2D eigenvalue weighted by Gasteiger charge is 2.08. The minimum atomic E-state index is 0.00216. The molecular weight excluding hydrogens is 214 g/mol.